The number of benzene rings is 1. The van der Waals surface area contributed by atoms with Crippen LogP contribution in [0.2, 0.25) is 0 Å². The van der Waals surface area contributed by atoms with E-state index in [1.165, 1.54) is 50.6 Å². The molecular formula is C26H40BrCl4N5. The van der Waals surface area contributed by atoms with Crippen molar-refractivity contribution >= 4 is 71.2 Å². The highest BCUT2D eigenvalue weighted by Gasteiger charge is 2.11. The van der Waals surface area contributed by atoms with Crippen LogP contribution in [-0.4, -0.2) is 41.6 Å². The lowest BCUT2D eigenvalue weighted by atomic mass is 9.95. The van der Waals surface area contributed by atoms with E-state index in [1.54, 1.807) is 0 Å². The first-order valence-electron chi connectivity index (χ1n) is 12.2. The van der Waals surface area contributed by atoms with Gasteiger partial charge in [-0.3, -0.25) is 0 Å². The van der Waals surface area contributed by atoms with E-state index in [4.69, 9.17) is 4.98 Å². The summed E-state index contributed by atoms with van der Waals surface area (Å²) in [4.78, 5) is 4.80. The topological polar surface area (TPSA) is 53.4 Å². The number of aromatic nitrogens is 2. The maximum absolute atomic E-state index is 4.80. The van der Waals surface area contributed by atoms with Crippen molar-refractivity contribution in [3.05, 3.63) is 58.8 Å². The molecule has 0 bridgehead atoms. The van der Waals surface area contributed by atoms with Gasteiger partial charge in [0.05, 0.1) is 5.69 Å². The first-order valence-corrected chi connectivity index (χ1v) is 13.0. The molecule has 5 nitrogen and oxygen atoms in total. The van der Waals surface area contributed by atoms with Gasteiger partial charge in [0.2, 0.25) is 0 Å². The molecule has 2 heterocycles. The minimum absolute atomic E-state index is 0. The normalized spacial score (nSPS) is 13.2. The number of fused-ring (bicyclic) bond motifs is 1. The number of hydrogen-bond acceptors (Lipinski definition) is 4. The van der Waals surface area contributed by atoms with Gasteiger partial charge in [0.1, 0.15) is 5.65 Å². The Balaban J connectivity index is 0.00000306. The fourth-order valence-corrected chi connectivity index (χ4v) is 4.75. The summed E-state index contributed by atoms with van der Waals surface area (Å²) in [6.45, 7) is 5.16. The number of nitrogens with zero attached hydrogens (tertiary/aromatic N) is 2. The van der Waals surface area contributed by atoms with Crippen molar-refractivity contribution in [3.63, 3.8) is 0 Å². The van der Waals surface area contributed by atoms with Crippen LogP contribution in [0.1, 0.15) is 50.6 Å². The van der Waals surface area contributed by atoms with Crippen LogP contribution in [-0.2, 0) is 6.54 Å². The predicted octanol–water partition coefficient (Wildman–Crippen LogP) is 6.83. The van der Waals surface area contributed by atoms with Crippen LogP contribution >= 0.6 is 65.6 Å². The van der Waals surface area contributed by atoms with Gasteiger partial charge in [-0.15, -0.1) is 49.6 Å². The molecule has 1 aliphatic rings. The lowest BCUT2D eigenvalue weighted by Gasteiger charge is -2.22. The Morgan fingerprint density at radius 3 is 2.22 bits per heavy atom. The van der Waals surface area contributed by atoms with Gasteiger partial charge in [0, 0.05) is 47.6 Å². The van der Waals surface area contributed by atoms with Crippen LogP contribution in [0.15, 0.2) is 53.1 Å². The Bertz CT molecular complexity index is 965. The SMILES string of the molecule is Brc1ccc(-c2cn3c(CNCCCCNCCNC4CCCCC4)cccc3n2)cc1.Cl.Cl.Cl.Cl. The molecule has 0 aliphatic heterocycles. The van der Waals surface area contributed by atoms with Crippen molar-refractivity contribution < 1.29 is 0 Å². The smallest absolute Gasteiger partial charge is 0.137 e. The van der Waals surface area contributed by atoms with Crippen molar-refractivity contribution in [2.75, 3.05) is 26.2 Å². The molecule has 3 N–H and O–H groups in total. The van der Waals surface area contributed by atoms with Crippen molar-refractivity contribution in [3.8, 4) is 11.3 Å². The molecule has 1 fully saturated rings. The van der Waals surface area contributed by atoms with E-state index < -0.39 is 0 Å². The third kappa shape index (κ3) is 11.0. The van der Waals surface area contributed by atoms with Crippen molar-refractivity contribution in [2.45, 2.75) is 57.5 Å². The summed E-state index contributed by atoms with van der Waals surface area (Å²) in [6.07, 6.45) is 11.5. The minimum Gasteiger partial charge on any atom is -0.315 e. The van der Waals surface area contributed by atoms with E-state index in [-0.39, 0.29) is 49.6 Å². The average Bonchev–Trinajstić information content (AvgIpc) is 3.26. The molecule has 36 heavy (non-hydrogen) atoms. The molecule has 0 radical (unpaired) electrons. The largest absolute Gasteiger partial charge is 0.315 e. The van der Waals surface area contributed by atoms with Crippen LogP contribution in [0.3, 0.4) is 0 Å². The zero-order valence-electron chi connectivity index (χ0n) is 20.6. The predicted molar refractivity (Wildman–Crippen MR) is 166 cm³/mol. The second-order valence-electron chi connectivity index (χ2n) is 8.80. The zero-order chi connectivity index (χ0) is 22.0. The van der Waals surface area contributed by atoms with E-state index >= 15 is 0 Å². The number of imidazole rings is 1. The van der Waals surface area contributed by atoms with E-state index in [0.717, 1.165) is 60.1 Å². The van der Waals surface area contributed by atoms with Gasteiger partial charge in [-0.25, -0.2) is 4.98 Å². The number of hydrogen-bond donors (Lipinski definition) is 3. The van der Waals surface area contributed by atoms with E-state index in [2.05, 4.69) is 84.9 Å². The molecule has 4 rings (SSSR count). The Morgan fingerprint density at radius 2 is 1.50 bits per heavy atom. The summed E-state index contributed by atoms with van der Waals surface area (Å²) in [5.74, 6) is 0. The standard InChI is InChI=1S/C26H36BrN5.4ClH/c27-22-13-11-21(12-14-22)25-20-32-24(9-6-10-26(32)31-25)19-29-16-5-4-15-28-17-18-30-23-7-2-1-3-8-23;;;;/h6,9-14,20,23,28-30H,1-5,7-8,15-19H2;4*1H. The van der Waals surface area contributed by atoms with Crippen LogP contribution in [0.25, 0.3) is 16.9 Å². The summed E-state index contributed by atoms with van der Waals surface area (Å²) in [7, 11) is 0. The van der Waals surface area contributed by atoms with E-state index in [9.17, 15) is 0 Å². The molecule has 0 unspecified atom stereocenters. The molecule has 204 valence electrons. The second kappa shape index (κ2) is 19.5. The highest BCUT2D eigenvalue weighted by molar-refractivity contribution is 9.10. The van der Waals surface area contributed by atoms with Gasteiger partial charge < -0.3 is 20.4 Å². The molecule has 10 heteroatoms. The van der Waals surface area contributed by atoms with Crippen LogP contribution in [0, 0.1) is 0 Å². The van der Waals surface area contributed by atoms with E-state index in [0.29, 0.717) is 0 Å². The second-order valence-corrected chi connectivity index (χ2v) is 9.72. The summed E-state index contributed by atoms with van der Waals surface area (Å²) in [5, 5.41) is 10.9. The number of pyridine rings is 1. The lowest BCUT2D eigenvalue weighted by molar-refractivity contribution is 0.372. The monoisotopic (exact) mass is 641 g/mol. The van der Waals surface area contributed by atoms with E-state index in [1.807, 2.05) is 0 Å². The Kier molecular flexibility index (Phi) is 19.2. The molecule has 3 aromatic rings. The highest BCUT2D eigenvalue weighted by atomic mass is 79.9. The van der Waals surface area contributed by atoms with Crippen molar-refractivity contribution in [2.24, 2.45) is 0 Å². The summed E-state index contributed by atoms with van der Waals surface area (Å²) in [5.41, 5.74) is 4.38. The molecule has 0 atom stereocenters. The molecule has 0 spiro atoms. The van der Waals surface area contributed by atoms with Gasteiger partial charge in [0.25, 0.3) is 0 Å². The zero-order valence-corrected chi connectivity index (χ0v) is 25.4. The van der Waals surface area contributed by atoms with Gasteiger partial charge >= 0.3 is 0 Å². The van der Waals surface area contributed by atoms with Crippen LogP contribution in [0.5, 0.6) is 0 Å². The average molecular weight is 644 g/mol. The third-order valence-electron chi connectivity index (χ3n) is 6.32. The molecule has 1 saturated carbocycles. The summed E-state index contributed by atoms with van der Waals surface area (Å²) >= 11 is 3.50. The first-order chi connectivity index (χ1) is 15.8. The number of rotatable bonds is 12. The van der Waals surface area contributed by atoms with Crippen molar-refractivity contribution in [1.82, 2.24) is 25.3 Å². The lowest BCUT2D eigenvalue weighted by Crippen LogP contribution is -2.36. The molecule has 2 aromatic heterocycles. The number of halogens is 5. The molecular weight excluding hydrogens is 604 g/mol. The maximum Gasteiger partial charge on any atom is 0.137 e. The molecule has 0 saturated heterocycles. The van der Waals surface area contributed by atoms with Crippen molar-refractivity contribution in [1.29, 1.82) is 0 Å². The quantitative estimate of drug-likeness (QED) is 0.189. The number of nitrogens with one attached hydrogen (secondary N) is 3. The minimum atomic E-state index is 0. The third-order valence-corrected chi connectivity index (χ3v) is 6.85. The fourth-order valence-electron chi connectivity index (χ4n) is 4.48. The molecule has 1 aromatic carbocycles. The first kappa shape index (κ1) is 35.4. The van der Waals surface area contributed by atoms with Gasteiger partial charge in [-0.2, -0.15) is 0 Å². The maximum atomic E-state index is 4.80. The number of unbranched alkanes of at least 4 members (excludes halogenated alkanes) is 1. The fraction of sp³-hybridized carbons (Fsp3) is 0.500. The Labute approximate surface area is 249 Å². The Morgan fingerprint density at radius 1 is 0.806 bits per heavy atom. The van der Waals surface area contributed by atoms with Gasteiger partial charge in [0.15, 0.2) is 0 Å². The molecule has 1 aliphatic carbocycles. The highest BCUT2D eigenvalue weighted by Crippen LogP contribution is 2.22. The van der Waals surface area contributed by atoms with Crippen LogP contribution < -0.4 is 16.0 Å². The van der Waals surface area contributed by atoms with Gasteiger partial charge in [-0.05, 0) is 63.0 Å². The summed E-state index contributed by atoms with van der Waals surface area (Å²) in [6, 6.07) is 15.4. The molecule has 0 amide bonds. The van der Waals surface area contributed by atoms with Crippen LogP contribution in [0.4, 0.5) is 0 Å². The van der Waals surface area contributed by atoms with Gasteiger partial charge in [-0.1, -0.05) is 53.4 Å². The Hall–Kier alpha value is -0.570. The summed E-state index contributed by atoms with van der Waals surface area (Å²) < 4.78 is 3.28.